The number of rotatable bonds is 7. The van der Waals surface area contributed by atoms with Crippen molar-refractivity contribution in [2.75, 3.05) is 13.1 Å². The van der Waals surface area contributed by atoms with Gasteiger partial charge in [-0.05, 0) is 38.1 Å². The first-order valence-electron chi connectivity index (χ1n) is 6.70. The van der Waals surface area contributed by atoms with Crippen LogP contribution in [-0.2, 0) is 6.42 Å². The predicted octanol–water partition coefficient (Wildman–Crippen LogP) is 3.98. The molecule has 0 saturated heterocycles. The Balaban J connectivity index is 1.98. The highest BCUT2D eigenvalue weighted by Crippen LogP contribution is 2.33. The fourth-order valence-electron chi connectivity index (χ4n) is 1.82. The van der Waals surface area contributed by atoms with Crippen LogP contribution in [-0.4, -0.2) is 23.3 Å². The van der Waals surface area contributed by atoms with Crippen molar-refractivity contribution in [3.8, 4) is 11.5 Å². The summed E-state index contributed by atoms with van der Waals surface area (Å²) >= 11 is 12.2. The number of hydrogen-bond acceptors (Lipinski definition) is 4. The first-order valence-corrected chi connectivity index (χ1v) is 7.45. The fourth-order valence-corrected chi connectivity index (χ4v) is 2.38. The van der Waals surface area contributed by atoms with Crippen molar-refractivity contribution in [2.45, 2.75) is 26.2 Å². The number of hydrogen-bond donors (Lipinski definition) is 1. The smallest absolute Gasteiger partial charge is 0.250 e. The lowest BCUT2D eigenvalue weighted by molar-refractivity contribution is 0.491. The zero-order chi connectivity index (χ0) is 14.4. The summed E-state index contributed by atoms with van der Waals surface area (Å²) in [5.41, 5.74) is 0.596. The highest BCUT2D eigenvalue weighted by Gasteiger charge is 2.15. The van der Waals surface area contributed by atoms with Gasteiger partial charge in [-0.1, -0.05) is 36.2 Å². The Labute approximate surface area is 128 Å². The highest BCUT2D eigenvalue weighted by atomic mass is 35.5. The van der Waals surface area contributed by atoms with Gasteiger partial charge in [0.25, 0.3) is 5.89 Å². The summed E-state index contributed by atoms with van der Waals surface area (Å²) in [6.07, 6.45) is 2.83. The molecule has 0 aliphatic heterocycles. The van der Waals surface area contributed by atoms with E-state index in [0.29, 0.717) is 27.4 Å². The molecule has 2 rings (SSSR count). The minimum absolute atomic E-state index is 0.372. The predicted molar refractivity (Wildman–Crippen MR) is 81.2 cm³/mol. The number of nitrogens with one attached hydrogen (secondary N) is 1. The van der Waals surface area contributed by atoms with E-state index in [-0.39, 0.29) is 0 Å². The molecule has 6 heteroatoms. The van der Waals surface area contributed by atoms with Crippen molar-refractivity contribution in [1.29, 1.82) is 0 Å². The van der Waals surface area contributed by atoms with Crippen LogP contribution in [0, 0.1) is 0 Å². The summed E-state index contributed by atoms with van der Waals surface area (Å²) in [5, 5.41) is 12.4. The van der Waals surface area contributed by atoms with Crippen LogP contribution in [0.4, 0.5) is 0 Å². The van der Waals surface area contributed by atoms with E-state index in [1.54, 1.807) is 18.2 Å². The molecule has 0 radical (unpaired) electrons. The maximum absolute atomic E-state index is 6.11. The second kappa shape index (κ2) is 7.62. The largest absolute Gasteiger partial charge is 0.421 e. The van der Waals surface area contributed by atoms with Gasteiger partial charge in [-0.3, -0.25) is 0 Å². The monoisotopic (exact) mass is 313 g/mol. The molecule has 108 valence electrons. The number of nitrogens with zero attached hydrogens (tertiary/aromatic N) is 2. The van der Waals surface area contributed by atoms with E-state index in [9.17, 15) is 0 Å². The summed E-state index contributed by atoms with van der Waals surface area (Å²) in [5.74, 6) is 0.978. The number of aromatic nitrogens is 2. The SMILES string of the molecule is CCCNCCCc1nnc(-c2c(Cl)cccc2Cl)o1. The molecular weight excluding hydrogens is 297 g/mol. The maximum Gasteiger partial charge on any atom is 0.250 e. The first kappa shape index (κ1) is 15.3. The Morgan fingerprint density at radius 1 is 1.15 bits per heavy atom. The van der Waals surface area contributed by atoms with Gasteiger partial charge in [0, 0.05) is 6.42 Å². The van der Waals surface area contributed by atoms with E-state index in [0.717, 1.165) is 32.4 Å². The molecule has 2 aromatic rings. The van der Waals surface area contributed by atoms with Crippen molar-refractivity contribution in [1.82, 2.24) is 15.5 Å². The zero-order valence-electron chi connectivity index (χ0n) is 11.3. The van der Waals surface area contributed by atoms with Crippen molar-refractivity contribution >= 4 is 23.2 Å². The van der Waals surface area contributed by atoms with Gasteiger partial charge < -0.3 is 9.73 Å². The summed E-state index contributed by atoms with van der Waals surface area (Å²) in [4.78, 5) is 0. The lowest BCUT2D eigenvalue weighted by atomic mass is 10.2. The van der Waals surface area contributed by atoms with Crippen LogP contribution in [0.15, 0.2) is 22.6 Å². The van der Waals surface area contributed by atoms with E-state index < -0.39 is 0 Å². The van der Waals surface area contributed by atoms with Crippen LogP contribution < -0.4 is 5.32 Å². The van der Waals surface area contributed by atoms with Crippen molar-refractivity contribution in [3.63, 3.8) is 0 Å². The van der Waals surface area contributed by atoms with E-state index in [1.807, 2.05) is 0 Å². The van der Waals surface area contributed by atoms with Gasteiger partial charge >= 0.3 is 0 Å². The second-order valence-electron chi connectivity index (χ2n) is 4.45. The molecule has 20 heavy (non-hydrogen) atoms. The molecule has 0 atom stereocenters. The summed E-state index contributed by atoms with van der Waals surface area (Å²) < 4.78 is 5.62. The van der Waals surface area contributed by atoms with Crippen molar-refractivity contribution in [2.24, 2.45) is 0 Å². The van der Waals surface area contributed by atoms with E-state index >= 15 is 0 Å². The second-order valence-corrected chi connectivity index (χ2v) is 5.27. The average molecular weight is 314 g/mol. The fraction of sp³-hybridized carbons (Fsp3) is 0.429. The normalized spacial score (nSPS) is 10.9. The molecule has 1 aromatic heterocycles. The standard InChI is InChI=1S/C14H17Cl2N3O/c1-2-8-17-9-4-7-12-18-19-14(20-12)13-10(15)5-3-6-11(13)16/h3,5-6,17H,2,4,7-9H2,1H3. The van der Waals surface area contributed by atoms with Crippen LogP contribution in [0.25, 0.3) is 11.5 Å². The minimum atomic E-state index is 0.372. The molecule has 0 fully saturated rings. The van der Waals surface area contributed by atoms with Crippen LogP contribution >= 0.6 is 23.2 Å². The van der Waals surface area contributed by atoms with Crippen LogP contribution in [0.2, 0.25) is 10.0 Å². The van der Waals surface area contributed by atoms with Gasteiger partial charge in [-0.15, -0.1) is 10.2 Å². The summed E-state index contributed by atoms with van der Waals surface area (Å²) in [6.45, 7) is 4.12. The Kier molecular flexibility index (Phi) is 5.83. The van der Waals surface area contributed by atoms with Crippen LogP contribution in [0.3, 0.4) is 0 Å². The molecule has 0 saturated carbocycles. The van der Waals surface area contributed by atoms with Gasteiger partial charge in [0.2, 0.25) is 5.89 Å². The minimum Gasteiger partial charge on any atom is -0.421 e. The Bertz CT molecular complexity index is 537. The number of halogens is 2. The van der Waals surface area contributed by atoms with E-state index in [4.69, 9.17) is 27.6 Å². The molecule has 1 heterocycles. The Hall–Kier alpha value is -1.10. The molecule has 0 bridgehead atoms. The van der Waals surface area contributed by atoms with Crippen LogP contribution in [0.1, 0.15) is 25.7 Å². The molecule has 0 amide bonds. The first-order chi connectivity index (χ1) is 9.72. The van der Waals surface area contributed by atoms with Gasteiger partial charge in [0.15, 0.2) is 0 Å². The lowest BCUT2D eigenvalue weighted by Crippen LogP contribution is -2.16. The summed E-state index contributed by atoms with van der Waals surface area (Å²) in [7, 11) is 0. The molecule has 0 aliphatic rings. The molecule has 4 nitrogen and oxygen atoms in total. The molecule has 0 spiro atoms. The maximum atomic E-state index is 6.11. The van der Waals surface area contributed by atoms with E-state index in [2.05, 4.69) is 22.4 Å². The third-order valence-corrected chi connectivity index (χ3v) is 3.44. The quantitative estimate of drug-likeness (QED) is 0.786. The molecule has 0 aliphatic carbocycles. The number of aryl methyl sites for hydroxylation is 1. The van der Waals surface area contributed by atoms with Gasteiger partial charge in [-0.25, -0.2) is 0 Å². The van der Waals surface area contributed by atoms with Gasteiger partial charge in [0.05, 0.1) is 15.6 Å². The van der Waals surface area contributed by atoms with E-state index in [1.165, 1.54) is 0 Å². The Morgan fingerprint density at radius 3 is 2.60 bits per heavy atom. The Morgan fingerprint density at radius 2 is 1.90 bits per heavy atom. The van der Waals surface area contributed by atoms with Gasteiger partial charge in [-0.2, -0.15) is 0 Å². The summed E-state index contributed by atoms with van der Waals surface area (Å²) in [6, 6.07) is 5.29. The molecular formula is C14H17Cl2N3O. The highest BCUT2D eigenvalue weighted by molar-refractivity contribution is 6.38. The lowest BCUT2D eigenvalue weighted by Gasteiger charge is -2.01. The topological polar surface area (TPSA) is 51.0 Å². The van der Waals surface area contributed by atoms with Gasteiger partial charge in [0.1, 0.15) is 0 Å². The molecule has 1 aromatic carbocycles. The third-order valence-electron chi connectivity index (χ3n) is 2.81. The third kappa shape index (κ3) is 3.95. The zero-order valence-corrected chi connectivity index (χ0v) is 12.8. The molecule has 0 unspecified atom stereocenters. The average Bonchev–Trinajstić information content (AvgIpc) is 2.87. The molecule has 1 N–H and O–H groups in total. The number of benzene rings is 1. The van der Waals surface area contributed by atoms with Crippen molar-refractivity contribution < 1.29 is 4.42 Å². The van der Waals surface area contributed by atoms with Crippen molar-refractivity contribution in [3.05, 3.63) is 34.1 Å². The van der Waals surface area contributed by atoms with Crippen LogP contribution in [0.5, 0.6) is 0 Å².